The van der Waals surface area contributed by atoms with Crippen molar-refractivity contribution < 1.29 is 4.42 Å². The van der Waals surface area contributed by atoms with E-state index in [-0.39, 0.29) is 0 Å². The molecule has 1 aliphatic heterocycles. The van der Waals surface area contributed by atoms with Crippen molar-refractivity contribution in [2.75, 3.05) is 13.1 Å². The number of rotatable bonds is 6. The van der Waals surface area contributed by atoms with Gasteiger partial charge in [-0.25, -0.2) is 0 Å². The van der Waals surface area contributed by atoms with E-state index in [0.717, 1.165) is 31.4 Å². The van der Waals surface area contributed by atoms with Crippen LogP contribution in [0.4, 0.5) is 0 Å². The molecule has 1 atom stereocenters. The van der Waals surface area contributed by atoms with Gasteiger partial charge < -0.3 is 9.73 Å². The van der Waals surface area contributed by atoms with Crippen molar-refractivity contribution in [3.63, 3.8) is 0 Å². The molecule has 0 amide bonds. The van der Waals surface area contributed by atoms with Crippen molar-refractivity contribution in [2.24, 2.45) is 0 Å². The standard InChI is InChI=1S/C14H24N2O/c1-3-13-6-5-8-16(13)11-14-12(7-9-17-14)10-15-4-2/h7,9,13,15H,3-6,8,10-11H2,1-2H3. The predicted molar refractivity (Wildman–Crippen MR) is 69.8 cm³/mol. The first-order valence-electron chi connectivity index (χ1n) is 6.85. The monoisotopic (exact) mass is 236 g/mol. The minimum atomic E-state index is 0.757. The maximum absolute atomic E-state index is 5.63. The van der Waals surface area contributed by atoms with Gasteiger partial charge in [-0.15, -0.1) is 0 Å². The SMILES string of the molecule is CCNCc1ccoc1CN1CCCC1CC. The predicted octanol–water partition coefficient (Wildman–Crippen LogP) is 2.76. The van der Waals surface area contributed by atoms with Crippen LogP contribution in [-0.4, -0.2) is 24.0 Å². The minimum Gasteiger partial charge on any atom is -0.468 e. The van der Waals surface area contributed by atoms with E-state index in [1.165, 1.54) is 31.4 Å². The summed E-state index contributed by atoms with van der Waals surface area (Å²) in [6, 6.07) is 2.85. The molecule has 1 saturated heterocycles. The zero-order valence-electron chi connectivity index (χ0n) is 11.0. The molecular weight excluding hydrogens is 212 g/mol. The largest absolute Gasteiger partial charge is 0.468 e. The van der Waals surface area contributed by atoms with E-state index in [2.05, 4.69) is 30.1 Å². The Bertz CT molecular complexity index is 335. The molecule has 3 nitrogen and oxygen atoms in total. The molecular formula is C14H24N2O. The Morgan fingerprint density at radius 3 is 3.12 bits per heavy atom. The number of furan rings is 1. The lowest BCUT2D eigenvalue weighted by atomic mass is 10.1. The minimum absolute atomic E-state index is 0.757. The van der Waals surface area contributed by atoms with E-state index in [9.17, 15) is 0 Å². The molecule has 1 aliphatic rings. The van der Waals surface area contributed by atoms with Crippen LogP contribution in [0, 0.1) is 0 Å². The van der Waals surface area contributed by atoms with Gasteiger partial charge in [-0.05, 0) is 38.4 Å². The first-order chi connectivity index (χ1) is 8.35. The molecule has 0 radical (unpaired) electrons. The molecule has 2 rings (SSSR count). The maximum Gasteiger partial charge on any atom is 0.122 e. The second-order valence-electron chi connectivity index (χ2n) is 4.82. The smallest absolute Gasteiger partial charge is 0.122 e. The zero-order valence-corrected chi connectivity index (χ0v) is 11.0. The van der Waals surface area contributed by atoms with Gasteiger partial charge in [-0.1, -0.05) is 13.8 Å². The second-order valence-corrected chi connectivity index (χ2v) is 4.82. The maximum atomic E-state index is 5.63. The van der Waals surface area contributed by atoms with Gasteiger partial charge in [0.2, 0.25) is 0 Å². The highest BCUT2D eigenvalue weighted by Crippen LogP contribution is 2.23. The van der Waals surface area contributed by atoms with Crippen LogP contribution in [-0.2, 0) is 13.1 Å². The highest BCUT2D eigenvalue weighted by molar-refractivity contribution is 5.17. The van der Waals surface area contributed by atoms with Gasteiger partial charge in [0, 0.05) is 18.2 Å². The molecule has 17 heavy (non-hydrogen) atoms. The molecule has 3 heteroatoms. The van der Waals surface area contributed by atoms with Gasteiger partial charge in [-0.2, -0.15) is 0 Å². The van der Waals surface area contributed by atoms with Crippen LogP contribution >= 0.6 is 0 Å². The van der Waals surface area contributed by atoms with Crippen molar-refractivity contribution in [2.45, 2.75) is 52.2 Å². The van der Waals surface area contributed by atoms with Crippen LogP contribution in [0.1, 0.15) is 44.4 Å². The summed E-state index contributed by atoms with van der Waals surface area (Å²) in [6.45, 7) is 8.54. The quantitative estimate of drug-likeness (QED) is 0.823. The Labute approximate surface area is 104 Å². The Morgan fingerprint density at radius 2 is 2.35 bits per heavy atom. The van der Waals surface area contributed by atoms with E-state index < -0.39 is 0 Å². The van der Waals surface area contributed by atoms with E-state index in [0.29, 0.717) is 0 Å². The third-order valence-corrected chi connectivity index (χ3v) is 3.72. The number of hydrogen-bond donors (Lipinski definition) is 1. The Kier molecular flexibility index (Phi) is 4.63. The van der Waals surface area contributed by atoms with Gasteiger partial charge in [-0.3, -0.25) is 4.90 Å². The van der Waals surface area contributed by atoms with E-state index >= 15 is 0 Å². The first kappa shape index (κ1) is 12.7. The molecule has 0 aromatic carbocycles. The van der Waals surface area contributed by atoms with Crippen LogP contribution in [0.5, 0.6) is 0 Å². The molecule has 1 unspecified atom stereocenters. The first-order valence-corrected chi connectivity index (χ1v) is 6.85. The number of nitrogens with one attached hydrogen (secondary N) is 1. The number of likely N-dealkylation sites (tertiary alicyclic amines) is 1. The highest BCUT2D eigenvalue weighted by Gasteiger charge is 2.24. The summed E-state index contributed by atoms with van der Waals surface area (Å²) in [5.74, 6) is 1.14. The third-order valence-electron chi connectivity index (χ3n) is 3.72. The summed E-state index contributed by atoms with van der Waals surface area (Å²) in [7, 11) is 0. The van der Waals surface area contributed by atoms with Crippen molar-refractivity contribution in [3.05, 3.63) is 23.7 Å². The van der Waals surface area contributed by atoms with Crippen molar-refractivity contribution in [1.82, 2.24) is 10.2 Å². The molecule has 1 aromatic heterocycles. The second kappa shape index (κ2) is 6.22. The van der Waals surface area contributed by atoms with E-state index in [1.807, 2.05) is 6.26 Å². The van der Waals surface area contributed by atoms with Gasteiger partial charge in [0.05, 0.1) is 12.8 Å². The lowest BCUT2D eigenvalue weighted by molar-refractivity contribution is 0.220. The summed E-state index contributed by atoms with van der Waals surface area (Å²) in [5, 5.41) is 3.36. The van der Waals surface area contributed by atoms with Crippen LogP contribution in [0.15, 0.2) is 16.7 Å². The summed E-state index contributed by atoms with van der Waals surface area (Å²) in [6.07, 6.45) is 5.75. The third kappa shape index (κ3) is 3.11. The Morgan fingerprint density at radius 1 is 1.47 bits per heavy atom. The Balaban J connectivity index is 1.95. The van der Waals surface area contributed by atoms with Gasteiger partial charge in [0.15, 0.2) is 0 Å². The average molecular weight is 236 g/mol. The van der Waals surface area contributed by atoms with E-state index in [1.54, 1.807) is 0 Å². The molecule has 96 valence electrons. The summed E-state index contributed by atoms with van der Waals surface area (Å²) >= 11 is 0. The summed E-state index contributed by atoms with van der Waals surface area (Å²) < 4.78 is 5.63. The normalized spacial score (nSPS) is 21.2. The Hall–Kier alpha value is -0.800. The van der Waals surface area contributed by atoms with Crippen LogP contribution in [0.3, 0.4) is 0 Å². The van der Waals surface area contributed by atoms with Crippen LogP contribution < -0.4 is 5.32 Å². The van der Waals surface area contributed by atoms with Gasteiger partial charge in [0.1, 0.15) is 5.76 Å². The molecule has 0 aliphatic carbocycles. The molecule has 0 spiro atoms. The fourth-order valence-electron chi connectivity index (χ4n) is 2.67. The lowest BCUT2D eigenvalue weighted by Gasteiger charge is -2.22. The summed E-state index contributed by atoms with van der Waals surface area (Å²) in [4.78, 5) is 2.56. The molecule has 0 saturated carbocycles. The molecule has 1 fully saturated rings. The molecule has 0 bridgehead atoms. The van der Waals surface area contributed by atoms with Crippen molar-refractivity contribution in [3.8, 4) is 0 Å². The van der Waals surface area contributed by atoms with Crippen LogP contribution in [0.25, 0.3) is 0 Å². The molecule has 1 aromatic rings. The fourth-order valence-corrected chi connectivity index (χ4v) is 2.67. The van der Waals surface area contributed by atoms with Crippen molar-refractivity contribution in [1.29, 1.82) is 0 Å². The van der Waals surface area contributed by atoms with Gasteiger partial charge >= 0.3 is 0 Å². The van der Waals surface area contributed by atoms with Crippen molar-refractivity contribution >= 4 is 0 Å². The van der Waals surface area contributed by atoms with E-state index in [4.69, 9.17) is 4.42 Å². The number of hydrogen-bond acceptors (Lipinski definition) is 3. The van der Waals surface area contributed by atoms with Gasteiger partial charge in [0.25, 0.3) is 0 Å². The zero-order chi connectivity index (χ0) is 12.1. The topological polar surface area (TPSA) is 28.4 Å². The lowest BCUT2D eigenvalue weighted by Crippen LogP contribution is -2.28. The van der Waals surface area contributed by atoms with Crippen LogP contribution in [0.2, 0.25) is 0 Å². The highest BCUT2D eigenvalue weighted by atomic mass is 16.3. The number of nitrogens with zero attached hydrogens (tertiary/aromatic N) is 1. The average Bonchev–Trinajstić information content (AvgIpc) is 2.96. The fraction of sp³-hybridized carbons (Fsp3) is 0.714. The molecule has 2 heterocycles. The molecule has 1 N–H and O–H groups in total. The summed E-state index contributed by atoms with van der Waals surface area (Å²) in [5.41, 5.74) is 1.31.